The number of allylic oxidation sites excluding steroid dienone is 3. The second kappa shape index (κ2) is 6.47. The van der Waals surface area contributed by atoms with Gasteiger partial charge < -0.3 is 5.11 Å². The Morgan fingerprint density at radius 1 is 1.25 bits per heavy atom. The average Bonchev–Trinajstić information content (AvgIpc) is 2.27. The number of rotatable bonds is 6. The second-order valence-corrected chi connectivity index (χ2v) is 5.27. The van der Waals surface area contributed by atoms with Crippen molar-refractivity contribution in [2.75, 3.05) is 0 Å². The van der Waals surface area contributed by atoms with E-state index < -0.39 is 5.97 Å². The molecule has 0 bridgehead atoms. The number of ketones is 2. The molecule has 5 heteroatoms. The van der Waals surface area contributed by atoms with Gasteiger partial charge in [-0.1, -0.05) is 32.9 Å². The van der Waals surface area contributed by atoms with Crippen molar-refractivity contribution in [2.45, 2.75) is 19.3 Å². The lowest BCUT2D eigenvalue weighted by molar-refractivity contribution is -0.139. The highest BCUT2D eigenvalue weighted by atomic mass is 127. The molecular formula is C11H11IO4. The summed E-state index contributed by atoms with van der Waals surface area (Å²) in [5.74, 6) is -1.54. The predicted octanol–water partition coefficient (Wildman–Crippen LogP) is 1.61. The van der Waals surface area contributed by atoms with Crippen molar-refractivity contribution in [1.82, 2.24) is 0 Å². The first kappa shape index (κ1) is 13.0. The van der Waals surface area contributed by atoms with E-state index in [4.69, 9.17) is 5.11 Å². The fourth-order valence-electron chi connectivity index (χ4n) is 1.09. The highest BCUT2D eigenvalue weighted by molar-refractivity contribution is 14.2. The lowest BCUT2D eigenvalue weighted by atomic mass is 10.0. The van der Waals surface area contributed by atoms with Gasteiger partial charge in [-0.05, 0) is 8.09 Å². The number of hydrogen-bond acceptors (Lipinski definition) is 3. The molecule has 0 spiro atoms. The monoisotopic (exact) mass is 334 g/mol. The van der Waals surface area contributed by atoms with Gasteiger partial charge >= 0.3 is 5.97 Å². The molecule has 0 aromatic carbocycles. The summed E-state index contributed by atoms with van der Waals surface area (Å²) in [6, 6.07) is 0. The quantitative estimate of drug-likeness (QED) is 0.592. The van der Waals surface area contributed by atoms with Crippen LogP contribution in [-0.4, -0.2) is 26.7 Å². The van der Waals surface area contributed by atoms with Gasteiger partial charge in [0.15, 0.2) is 5.78 Å². The molecule has 0 aromatic heterocycles. The van der Waals surface area contributed by atoms with Crippen molar-refractivity contribution < 1.29 is 19.5 Å². The van der Waals surface area contributed by atoms with E-state index in [0.717, 1.165) is 0 Å². The molecule has 0 atom stereocenters. The van der Waals surface area contributed by atoms with E-state index in [1.54, 1.807) is 6.08 Å². The maximum absolute atomic E-state index is 11.6. The normalized spacial score (nSPS) is 13.9. The largest absolute Gasteiger partial charge is 0.481 e. The van der Waals surface area contributed by atoms with Crippen molar-refractivity contribution in [1.29, 1.82) is 0 Å². The molecule has 0 unspecified atom stereocenters. The molecule has 4 nitrogen and oxygen atoms in total. The molecule has 1 N–H and O–H groups in total. The molecule has 1 aliphatic heterocycles. The Morgan fingerprint density at radius 2 is 2.00 bits per heavy atom. The third-order valence-electron chi connectivity index (χ3n) is 1.90. The minimum atomic E-state index is -1.02. The number of carbonyl (C=O) groups excluding carboxylic acids is 2. The third kappa shape index (κ3) is 4.61. The van der Waals surface area contributed by atoms with Gasteiger partial charge in [0.1, 0.15) is 5.78 Å². The predicted molar refractivity (Wildman–Crippen MR) is 68.8 cm³/mol. The molecular weight excluding hydrogens is 323 g/mol. The van der Waals surface area contributed by atoms with Crippen LogP contribution in [0, 0.1) is 0 Å². The first-order valence-electron chi connectivity index (χ1n) is 4.68. The number of Topliss-reactive ketones (excluding diaryl/α,β-unsaturated/α-hetero) is 2. The second-order valence-electron chi connectivity index (χ2n) is 3.21. The Labute approximate surface area is 103 Å². The zero-order chi connectivity index (χ0) is 12.0. The van der Waals surface area contributed by atoms with Gasteiger partial charge in [-0.3, -0.25) is 14.4 Å². The molecule has 1 rings (SSSR count). The van der Waals surface area contributed by atoms with Gasteiger partial charge in [0, 0.05) is 12.0 Å². The number of halogens is 1. The summed E-state index contributed by atoms with van der Waals surface area (Å²) in [6.45, 7) is 0. The average molecular weight is 334 g/mol. The summed E-state index contributed by atoms with van der Waals surface area (Å²) in [4.78, 5) is 33.1. The van der Waals surface area contributed by atoms with Crippen LogP contribution in [-0.2, 0) is 14.4 Å². The number of carboxylic acid groups (broad SMARTS) is 1. The van der Waals surface area contributed by atoms with Gasteiger partial charge in [0.05, 0.1) is 12.8 Å². The lowest BCUT2D eigenvalue weighted by Gasteiger charge is -2.01. The fraction of sp³-hybridized carbons (Fsp3) is 0.273. The summed E-state index contributed by atoms with van der Waals surface area (Å²) in [6.07, 6.45) is 3.05. The molecule has 16 heavy (non-hydrogen) atoms. The molecule has 0 saturated heterocycles. The molecule has 0 amide bonds. The Hall–Kier alpha value is -1.11. The van der Waals surface area contributed by atoms with E-state index in [-0.39, 0.29) is 51.6 Å². The summed E-state index contributed by atoms with van der Waals surface area (Å²) in [5, 5.41) is 8.39. The minimum Gasteiger partial charge on any atom is -0.481 e. The zero-order valence-electron chi connectivity index (χ0n) is 8.48. The number of hydrogen-bond donors (Lipinski definition) is 1. The van der Waals surface area contributed by atoms with Crippen LogP contribution in [0.15, 0.2) is 21.8 Å². The summed E-state index contributed by atoms with van der Waals surface area (Å²) < 4.78 is 3.88. The van der Waals surface area contributed by atoms with Crippen LogP contribution < -0.4 is 0 Å². The van der Waals surface area contributed by atoms with Gasteiger partial charge in [-0.2, -0.15) is 0 Å². The van der Waals surface area contributed by atoms with Gasteiger partial charge in [-0.25, -0.2) is 0 Å². The van der Waals surface area contributed by atoms with Crippen molar-refractivity contribution in [3.8, 4) is 0 Å². The molecule has 0 saturated carbocycles. The lowest BCUT2D eigenvalue weighted by Crippen LogP contribution is -2.11. The third-order valence-corrected chi connectivity index (χ3v) is 3.76. The van der Waals surface area contributed by atoms with E-state index in [9.17, 15) is 14.4 Å². The topological polar surface area (TPSA) is 71.4 Å². The fourth-order valence-corrected chi connectivity index (χ4v) is 2.69. The number of carboxylic acids is 1. The molecule has 1 aliphatic rings. The van der Waals surface area contributed by atoms with Crippen LogP contribution in [0.3, 0.4) is 0 Å². The maximum atomic E-state index is 11.6. The number of carbonyl (C=O) groups is 3. The SMILES string of the molecule is O=C(O)CCC(=O)CC(=O)C1=CI=CC=C1. The Balaban J connectivity index is 2.42. The smallest absolute Gasteiger partial charge is 0.303 e. The van der Waals surface area contributed by atoms with Crippen LogP contribution in [0.5, 0.6) is 0 Å². The summed E-state index contributed by atoms with van der Waals surface area (Å²) >= 11 is -0.204. The van der Waals surface area contributed by atoms with Crippen LogP contribution in [0.2, 0.25) is 0 Å². The first-order chi connectivity index (χ1) is 7.59. The van der Waals surface area contributed by atoms with Gasteiger partial charge in [-0.15, -0.1) is 0 Å². The van der Waals surface area contributed by atoms with Crippen molar-refractivity contribution in [3.63, 3.8) is 0 Å². The van der Waals surface area contributed by atoms with E-state index in [1.807, 2.05) is 14.2 Å². The Morgan fingerprint density at radius 3 is 2.56 bits per heavy atom. The van der Waals surface area contributed by atoms with E-state index >= 15 is 0 Å². The maximum Gasteiger partial charge on any atom is 0.303 e. The van der Waals surface area contributed by atoms with Crippen molar-refractivity contribution >= 4 is 42.3 Å². The standard InChI is InChI=1S/C11H11IO4/c13-9(3-4-11(15)16)6-10(14)8-2-1-5-12-7-8/h1-2,5,7H,3-4,6H2,(H,15,16). The van der Waals surface area contributed by atoms with Gasteiger partial charge in [0.2, 0.25) is 0 Å². The van der Waals surface area contributed by atoms with Crippen LogP contribution in [0.1, 0.15) is 19.3 Å². The Bertz CT molecular complexity index is 404. The minimum absolute atomic E-state index is 0.0702. The van der Waals surface area contributed by atoms with E-state index in [1.165, 1.54) is 0 Å². The van der Waals surface area contributed by atoms with Gasteiger partial charge in [0.25, 0.3) is 0 Å². The van der Waals surface area contributed by atoms with E-state index in [2.05, 4.69) is 0 Å². The molecule has 1 heterocycles. The molecule has 0 fully saturated rings. The highest BCUT2D eigenvalue weighted by Crippen LogP contribution is 2.14. The Kier molecular flexibility index (Phi) is 5.24. The van der Waals surface area contributed by atoms with Crippen LogP contribution >= 0.6 is 20.7 Å². The molecule has 86 valence electrons. The first-order valence-corrected chi connectivity index (χ1v) is 7.17. The highest BCUT2D eigenvalue weighted by Gasteiger charge is 2.13. The summed E-state index contributed by atoms with van der Waals surface area (Å²) in [7, 11) is 0. The van der Waals surface area contributed by atoms with Crippen molar-refractivity contribution in [2.24, 2.45) is 0 Å². The van der Waals surface area contributed by atoms with E-state index in [0.29, 0.717) is 5.57 Å². The van der Waals surface area contributed by atoms with Crippen molar-refractivity contribution in [3.05, 3.63) is 21.8 Å². The number of aliphatic carboxylic acids is 1. The molecule has 0 aromatic rings. The molecule has 0 aliphatic carbocycles. The molecule has 0 radical (unpaired) electrons. The van der Waals surface area contributed by atoms with Crippen LogP contribution in [0.4, 0.5) is 0 Å². The summed E-state index contributed by atoms with van der Waals surface area (Å²) in [5.41, 5.74) is 0.582. The van der Waals surface area contributed by atoms with Crippen LogP contribution in [0.25, 0.3) is 0 Å². The zero-order valence-corrected chi connectivity index (χ0v) is 10.6.